The van der Waals surface area contributed by atoms with E-state index >= 15 is 0 Å². The molecule has 0 radical (unpaired) electrons. The van der Waals surface area contributed by atoms with Crippen LogP contribution in [0.3, 0.4) is 0 Å². The number of carbonyl (C=O) groups excluding carboxylic acids is 2. The summed E-state index contributed by atoms with van der Waals surface area (Å²) in [5.41, 5.74) is 2.56. The van der Waals surface area contributed by atoms with Crippen LogP contribution in [0.2, 0.25) is 0 Å². The van der Waals surface area contributed by atoms with Crippen molar-refractivity contribution in [2.75, 3.05) is 32.7 Å². The van der Waals surface area contributed by atoms with Crippen molar-refractivity contribution in [1.82, 2.24) is 9.97 Å². The van der Waals surface area contributed by atoms with Gasteiger partial charge < -0.3 is 19.5 Å². The molecule has 0 aliphatic heterocycles. The van der Waals surface area contributed by atoms with Crippen molar-refractivity contribution in [1.29, 1.82) is 0 Å². The van der Waals surface area contributed by atoms with Gasteiger partial charge in [0, 0.05) is 18.2 Å². The van der Waals surface area contributed by atoms with Crippen LogP contribution in [0.15, 0.2) is 54.6 Å². The van der Waals surface area contributed by atoms with Crippen LogP contribution in [0.5, 0.6) is 17.5 Å². The molecule has 0 saturated heterocycles. The van der Waals surface area contributed by atoms with Crippen LogP contribution in [0, 0.1) is 0 Å². The molecule has 3 rings (SSSR count). The van der Waals surface area contributed by atoms with Crippen LogP contribution in [-0.4, -0.2) is 49.4 Å². The first-order chi connectivity index (χ1) is 15.1. The van der Waals surface area contributed by atoms with E-state index in [1.54, 1.807) is 25.3 Å². The fraction of sp³-hybridized carbons (Fsp3) is 0.217. The van der Waals surface area contributed by atoms with E-state index in [-0.39, 0.29) is 18.9 Å². The van der Waals surface area contributed by atoms with Gasteiger partial charge in [0.15, 0.2) is 12.9 Å². The lowest BCUT2D eigenvalue weighted by Gasteiger charge is -2.11. The second-order valence-corrected chi connectivity index (χ2v) is 6.55. The van der Waals surface area contributed by atoms with Crippen LogP contribution >= 0.6 is 0 Å². The number of Topliss-reactive ketones (excluding diaryl/α,β-unsaturated/α-hetero) is 1. The normalized spacial score (nSPS) is 10.3. The first kappa shape index (κ1) is 21.8. The molecule has 0 atom stereocenters. The Morgan fingerprint density at radius 3 is 2.52 bits per heavy atom. The number of aromatic nitrogens is 2. The molecule has 0 spiro atoms. The molecule has 1 N–H and O–H groups in total. The summed E-state index contributed by atoms with van der Waals surface area (Å²) in [6, 6.07) is 17.0. The molecular weight excluding hydrogens is 398 g/mol. The molecule has 1 heterocycles. The van der Waals surface area contributed by atoms with Gasteiger partial charge in [0.05, 0.1) is 19.9 Å². The lowest BCUT2D eigenvalue weighted by molar-refractivity contribution is -0.131. The van der Waals surface area contributed by atoms with Crippen molar-refractivity contribution in [3.63, 3.8) is 0 Å². The summed E-state index contributed by atoms with van der Waals surface area (Å²) in [4.78, 5) is 30.4. The van der Waals surface area contributed by atoms with Gasteiger partial charge in [0.2, 0.25) is 5.78 Å². The van der Waals surface area contributed by atoms with Crippen LogP contribution < -0.4 is 19.5 Å². The molecule has 0 saturated carbocycles. The molecule has 0 bridgehead atoms. The van der Waals surface area contributed by atoms with Gasteiger partial charge in [-0.25, -0.2) is 0 Å². The Bertz CT molecular complexity index is 1040. The number of methoxy groups -OCH3 is 2. The van der Waals surface area contributed by atoms with E-state index in [2.05, 4.69) is 15.3 Å². The van der Waals surface area contributed by atoms with E-state index in [0.29, 0.717) is 23.8 Å². The standard InChI is InChI=1S/C23H23N3O5/c1-29-19-8-6-16(7-9-19)10-11-24-22-13-21(25-23(26-22)30-2)17-4-3-5-20(12-17)31-15-18(28)14-27/h3-9,12-14H,10-11,15H2,1-2H3,(H,24,25,26). The van der Waals surface area contributed by atoms with Gasteiger partial charge in [-0.05, 0) is 36.2 Å². The third kappa shape index (κ3) is 6.27. The Labute approximate surface area is 180 Å². The van der Waals surface area contributed by atoms with Crippen LogP contribution in [0.1, 0.15) is 5.56 Å². The van der Waals surface area contributed by atoms with Crippen LogP contribution in [0.25, 0.3) is 11.3 Å². The van der Waals surface area contributed by atoms with Crippen LogP contribution in [0.4, 0.5) is 5.82 Å². The fourth-order valence-corrected chi connectivity index (χ4v) is 2.82. The van der Waals surface area contributed by atoms with Crippen molar-refractivity contribution in [2.24, 2.45) is 0 Å². The Hall–Kier alpha value is -3.94. The highest BCUT2D eigenvalue weighted by molar-refractivity contribution is 6.25. The van der Waals surface area contributed by atoms with Gasteiger partial charge in [-0.15, -0.1) is 0 Å². The third-order valence-corrected chi connectivity index (χ3v) is 4.41. The molecule has 31 heavy (non-hydrogen) atoms. The van der Waals surface area contributed by atoms with Gasteiger partial charge >= 0.3 is 6.01 Å². The first-order valence-corrected chi connectivity index (χ1v) is 9.62. The van der Waals surface area contributed by atoms with Gasteiger partial charge in [-0.2, -0.15) is 9.97 Å². The second-order valence-electron chi connectivity index (χ2n) is 6.55. The minimum Gasteiger partial charge on any atom is -0.497 e. The summed E-state index contributed by atoms with van der Waals surface area (Å²) >= 11 is 0. The number of benzene rings is 2. The monoisotopic (exact) mass is 421 g/mol. The topological polar surface area (TPSA) is 99.6 Å². The zero-order chi connectivity index (χ0) is 22.1. The van der Waals surface area contributed by atoms with E-state index in [9.17, 15) is 9.59 Å². The van der Waals surface area contributed by atoms with Crippen molar-refractivity contribution in [3.8, 4) is 28.8 Å². The van der Waals surface area contributed by atoms with Crippen molar-refractivity contribution in [2.45, 2.75) is 6.42 Å². The maximum absolute atomic E-state index is 11.2. The number of hydrogen-bond donors (Lipinski definition) is 1. The van der Waals surface area contributed by atoms with Gasteiger partial charge in [0.25, 0.3) is 0 Å². The number of nitrogens with zero attached hydrogens (tertiary/aromatic N) is 2. The number of hydrogen-bond acceptors (Lipinski definition) is 8. The number of ketones is 1. The van der Waals surface area contributed by atoms with E-state index < -0.39 is 5.78 Å². The van der Waals surface area contributed by atoms with E-state index in [1.165, 1.54) is 12.7 Å². The number of aldehydes is 1. The zero-order valence-corrected chi connectivity index (χ0v) is 17.3. The Morgan fingerprint density at radius 2 is 1.81 bits per heavy atom. The van der Waals surface area contributed by atoms with Gasteiger partial charge in [-0.1, -0.05) is 24.3 Å². The largest absolute Gasteiger partial charge is 0.497 e. The summed E-state index contributed by atoms with van der Waals surface area (Å²) in [7, 11) is 3.15. The van der Waals surface area contributed by atoms with Gasteiger partial charge in [0.1, 0.15) is 17.3 Å². The van der Waals surface area contributed by atoms with E-state index in [0.717, 1.165) is 17.7 Å². The summed E-state index contributed by atoms with van der Waals surface area (Å²) in [5, 5.41) is 3.29. The number of carbonyl (C=O) groups is 2. The molecule has 1 aromatic heterocycles. The van der Waals surface area contributed by atoms with E-state index in [1.807, 2.05) is 36.4 Å². The Kier molecular flexibility index (Phi) is 7.53. The summed E-state index contributed by atoms with van der Waals surface area (Å²) in [5.74, 6) is 1.28. The zero-order valence-electron chi connectivity index (χ0n) is 17.3. The van der Waals surface area contributed by atoms with Crippen molar-refractivity contribution < 1.29 is 23.8 Å². The van der Waals surface area contributed by atoms with Crippen molar-refractivity contribution in [3.05, 3.63) is 60.2 Å². The van der Waals surface area contributed by atoms with Gasteiger partial charge in [-0.3, -0.25) is 9.59 Å². The average Bonchev–Trinajstić information content (AvgIpc) is 2.83. The smallest absolute Gasteiger partial charge is 0.318 e. The highest BCUT2D eigenvalue weighted by Gasteiger charge is 2.09. The summed E-state index contributed by atoms with van der Waals surface area (Å²) in [6.45, 7) is 0.362. The number of rotatable bonds is 11. The quantitative estimate of drug-likeness (QED) is 0.373. The molecular formula is C23H23N3O5. The SMILES string of the molecule is COc1ccc(CCNc2cc(-c3cccc(OCC(=O)C=O)c3)nc(OC)n2)cc1. The summed E-state index contributed by atoms with van der Waals surface area (Å²) in [6.07, 6.45) is 1.04. The predicted molar refractivity (Wildman–Crippen MR) is 116 cm³/mol. The molecule has 2 aromatic carbocycles. The maximum Gasteiger partial charge on any atom is 0.318 e. The molecule has 0 aliphatic rings. The Morgan fingerprint density at radius 1 is 1.00 bits per heavy atom. The number of nitrogens with one attached hydrogen (secondary N) is 1. The number of ether oxygens (including phenoxy) is 3. The van der Waals surface area contributed by atoms with E-state index in [4.69, 9.17) is 14.2 Å². The predicted octanol–water partition coefficient (Wildman–Crippen LogP) is 2.96. The molecule has 0 aliphatic carbocycles. The molecule has 8 nitrogen and oxygen atoms in total. The molecule has 0 fully saturated rings. The Balaban J connectivity index is 1.71. The fourth-order valence-electron chi connectivity index (χ4n) is 2.82. The molecule has 0 unspecified atom stereocenters. The third-order valence-electron chi connectivity index (χ3n) is 4.41. The highest BCUT2D eigenvalue weighted by atomic mass is 16.5. The van der Waals surface area contributed by atoms with Crippen LogP contribution in [-0.2, 0) is 16.0 Å². The second kappa shape index (κ2) is 10.7. The summed E-state index contributed by atoms with van der Waals surface area (Å²) < 4.78 is 15.8. The lowest BCUT2D eigenvalue weighted by Crippen LogP contribution is -2.11. The molecule has 0 amide bonds. The molecule has 160 valence electrons. The average molecular weight is 421 g/mol. The first-order valence-electron chi connectivity index (χ1n) is 9.62. The number of anilines is 1. The minimum atomic E-state index is -0.627. The minimum absolute atomic E-state index is 0.229. The van der Waals surface area contributed by atoms with Crippen molar-refractivity contribution >= 4 is 17.9 Å². The maximum atomic E-state index is 11.2. The molecule has 8 heteroatoms. The lowest BCUT2D eigenvalue weighted by atomic mass is 10.1. The highest BCUT2D eigenvalue weighted by Crippen LogP contribution is 2.26. The molecule has 3 aromatic rings.